The van der Waals surface area contributed by atoms with E-state index in [1.807, 2.05) is 43.3 Å². The fourth-order valence-corrected chi connectivity index (χ4v) is 2.69. The van der Waals surface area contributed by atoms with Gasteiger partial charge >= 0.3 is 0 Å². The largest absolute Gasteiger partial charge is 0.385 e. The summed E-state index contributed by atoms with van der Waals surface area (Å²) in [6, 6.07) is 11.2. The first-order valence-electron chi connectivity index (χ1n) is 6.05. The normalized spacial score (nSPS) is 10.2. The van der Waals surface area contributed by atoms with Crippen molar-refractivity contribution in [1.82, 2.24) is 5.32 Å². The van der Waals surface area contributed by atoms with Crippen molar-refractivity contribution in [1.29, 1.82) is 0 Å². The van der Waals surface area contributed by atoms with Gasteiger partial charge in [0.15, 0.2) is 0 Å². The van der Waals surface area contributed by atoms with Crippen LogP contribution in [0.25, 0.3) is 0 Å². The molecule has 0 bridgehead atoms. The molecule has 0 fully saturated rings. The van der Waals surface area contributed by atoms with Crippen molar-refractivity contribution in [2.24, 2.45) is 0 Å². The van der Waals surface area contributed by atoms with Crippen molar-refractivity contribution in [3.8, 4) is 0 Å². The molecule has 2 aromatic rings. The summed E-state index contributed by atoms with van der Waals surface area (Å²) in [5.74, 6) is -0.0763. The van der Waals surface area contributed by atoms with E-state index >= 15 is 0 Å². The molecule has 0 saturated heterocycles. The predicted octanol–water partition coefficient (Wildman–Crippen LogP) is 3.76. The van der Waals surface area contributed by atoms with E-state index in [-0.39, 0.29) is 5.91 Å². The van der Waals surface area contributed by atoms with Gasteiger partial charge < -0.3 is 10.6 Å². The van der Waals surface area contributed by atoms with Crippen molar-refractivity contribution in [2.45, 2.75) is 13.5 Å². The van der Waals surface area contributed by atoms with Gasteiger partial charge in [-0.1, -0.05) is 11.6 Å². The number of rotatable bonds is 5. The molecular formula is C14H15ClN2OS. The van der Waals surface area contributed by atoms with Crippen LogP contribution in [-0.4, -0.2) is 12.5 Å². The Morgan fingerprint density at radius 2 is 1.95 bits per heavy atom. The number of hydrogen-bond acceptors (Lipinski definition) is 3. The molecule has 0 aliphatic rings. The summed E-state index contributed by atoms with van der Waals surface area (Å²) < 4.78 is 0.735. The molecule has 1 heterocycles. The Hall–Kier alpha value is -1.52. The highest BCUT2D eigenvalue weighted by Crippen LogP contribution is 2.21. The molecule has 0 radical (unpaired) electrons. The van der Waals surface area contributed by atoms with Gasteiger partial charge in [-0.2, -0.15) is 0 Å². The Morgan fingerprint density at radius 1 is 1.21 bits per heavy atom. The third-order valence-corrected chi connectivity index (χ3v) is 3.81. The van der Waals surface area contributed by atoms with Crippen molar-refractivity contribution in [3.05, 3.63) is 51.2 Å². The van der Waals surface area contributed by atoms with Gasteiger partial charge in [0.2, 0.25) is 0 Å². The number of amides is 1. The first kappa shape index (κ1) is 13.9. The molecule has 5 heteroatoms. The molecule has 0 aliphatic carbocycles. The van der Waals surface area contributed by atoms with E-state index in [0.29, 0.717) is 12.1 Å². The highest BCUT2D eigenvalue weighted by Gasteiger charge is 2.06. The number of hydrogen-bond donors (Lipinski definition) is 2. The molecule has 0 atom stereocenters. The summed E-state index contributed by atoms with van der Waals surface area (Å²) in [4.78, 5) is 13.0. The molecule has 1 aromatic carbocycles. The van der Waals surface area contributed by atoms with E-state index in [9.17, 15) is 4.79 Å². The van der Waals surface area contributed by atoms with E-state index in [4.69, 9.17) is 11.6 Å². The molecule has 1 amide bonds. The molecule has 100 valence electrons. The van der Waals surface area contributed by atoms with Crippen LogP contribution in [0.2, 0.25) is 4.34 Å². The lowest BCUT2D eigenvalue weighted by molar-refractivity contribution is 0.0951. The molecule has 19 heavy (non-hydrogen) atoms. The van der Waals surface area contributed by atoms with Gasteiger partial charge in [0.25, 0.3) is 5.91 Å². The molecule has 2 N–H and O–H groups in total. The molecule has 0 spiro atoms. The Bertz CT molecular complexity index is 551. The summed E-state index contributed by atoms with van der Waals surface area (Å²) in [7, 11) is 0. The van der Waals surface area contributed by atoms with Crippen molar-refractivity contribution < 1.29 is 4.79 Å². The lowest BCUT2D eigenvalue weighted by atomic mass is 10.2. The molecule has 0 saturated carbocycles. The number of carbonyl (C=O) groups is 1. The average molecular weight is 295 g/mol. The van der Waals surface area contributed by atoms with E-state index in [2.05, 4.69) is 10.6 Å². The summed E-state index contributed by atoms with van der Waals surface area (Å²) in [6.45, 7) is 3.41. The van der Waals surface area contributed by atoms with Crippen LogP contribution in [0, 0.1) is 0 Å². The SMILES string of the molecule is CCNc1ccc(C(=O)NCc2ccc(Cl)s2)cc1. The second kappa shape index (κ2) is 6.59. The van der Waals surface area contributed by atoms with Crippen LogP contribution in [0.5, 0.6) is 0 Å². The van der Waals surface area contributed by atoms with Crippen LogP contribution in [0.3, 0.4) is 0 Å². The smallest absolute Gasteiger partial charge is 0.251 e. The van der Waals surface area contributed by atoms with Crippen LogP contribution in [-0.2, 0) is 6.54 Å². The maximum atomic E-state index is 11.9. The molecule has 2 rings (SSSR count). The molecule has 3 nitrogen and oxygen atoms in total. The maximum Gasteiger partial charge on any atom is 0.251 e. The fourth-order valence-electron chi connectivity index (χ4n) is 1.66. The van der Waals surface area contributed by atoms with Crippen molar-refractivity contribution >= 4 is 34.5 Å². The number of nitrogens with one attached hydrogen (secondary N) is 2. The number of carbonyl (C=O) groups excluding carboxylic acids is 1. The Kier molecular flexibility index (Phi) is 4.82. The van der Waals surface area contributed by atoms with Gasteiger partial charge in [0, 0.05) is 22.7 Å². The Labute approximate surface area is 121 Å². The van der Waals surface area contributed by atoms with Crippen LogP contribution < -0.4 is 10.6 Å². The third-order valence-electron chi connectivity index (χ3n) is 2.58. The van der Waals surface area contributed by atoms with Gasteiger partial charge in [-0.3, -0.25) is 4.79 Å². The predicted molar refractivity (Wildman–Crippen MR) is 81.1 cm³/mol. The van der Waals surface area contributed by atoms with Crippen LogP contribution in [0.15, 0.2) is 36.4 Å². The molecule has 1 aromatic heterocycles. The lowest BCUT2D eigenvalue weighted by Gasteiger charge is -2.06. The van der Waals surface area contributed by atoms with E-state index in [1.165, 1.54) is 11.3 Å². The molecule has 0 unspecified atom stereocenters. The fraction of sp³-hybridized carbons (Fsp3) is 0.214. The minimum atomic E-state index is -0.0763. The minimum absolute atomic E-state index is 0.0763. The topological polar surface area (TPSA) is 41.1 Å². The van der Waals surface area contributed by atoms with Crippen LogP contribution in [0.1, 0.15) is 22.2 Å². The first-order chi connectivity index (χ1) is 9.19. The highest BCUT2D eigenvalue weighted by molar-refractivity contribution is 7.16. The number of thiophene rings is 1. The van der Waals surface area contributed by atoms with Gasteiger partial charge in [0.05, 0.1) is 10.9 Å². The minimum Gasteiger partial charge on any atom is -0.385 e. The molecule has 0 aliphatic heterocycles. The monoisotopic (exact) mass is 294 g/mol. The van der Waals surface area contributed by atoms with Crippen LogP contribution >= 0.6 is 22.9 Å². The zero-order valence-electron chi connectivity index (χ0n) is 10.6. The second-order valence-electron chi connectivity index (χ2n) is 4.00. The number of benzene rings is 1. The quantitative estimate of drug-likeness (QED) is 0.881. The summed E-state index contributed by atoms with van der Waals surface area (Å²) in [5.41, 5.74) is 1.67. The van der Waals surface area contributed by atoms with Gasteiger partial charge in [-0.05, 0) is 43.3 Å². The number of halogens is 1. The zero-order chi connectivity index (χ0) is 13.7. The summed E-state index contributed by atoms with van der Waals surface area (Å²) in [5, 5.41) is 6.06. The average Bonchev–Trinajstić information content (AvgIpc) is 2.83. The first-order valence-corrected chi connectivity index (χ1v) is 7.25. The Morgan fingerprint density at radius 3 is 2.53 bits per heavy atom. The third kappa shape index (κ3) is 3.98. The van der Waals surface area contributed by atoms with Crippen molar-refractivity contribution in [3.63, 3.8) is 0 Å². The second-order valence-corrected chi connectivity index (χ2v) is 5.80. The van der Waals surface area contributed by atoms with E-state index in [0.717, 1.165) is 21.4 Å². The number of anilines is 1. The highest BCUT2D eigenvalue weighted by atomic mass is 35.5. The van der Waals surface area contributed by atoms with Crippen molar-refractivity contribution in [2.75, 3.05) is 11.9 Å². The maximum absolute atomic E-state index is 11.9. The van der Waals surface area contributed by atoms with Crippen LogP contribution in [0.4, 0.5) is 5.69 Å². The van der Waals surface area contributed by atoms with Gasteiger partial charge in [0.1, 0.15) is 0 Å². The van der Waals surface area contributed by atoms with Gasteiger partial charge in [-0.25, -0.2) is 0 Å². The Balaban J connectivity index is 1.92. The van der Waals surface area contributed by atoms with Gasteiger partial charge in [-0.15, -0.1) is 11.3 Å². The summed E-state index contributed by atoms with van der Waals surface area (Å²) >= 11 is 7.31. The summed E-state index contributed by atoms with van der Waals surface area (Å²) in [6.07, 6.45) is 0. The lowest BCUT2D eigenvalue weighted by Crippen LogP contribution is -2.22. The standard InChI is InChI=1S/C14H15ClN2OS/c1-2-16-11-5-3-10(4-6-11)14(18)17-9-12-7-8-13(15)19-12/h3-8,16H,2,9H2,1H3,(H,17,18). The van der Waals surface area contributed by atoms with E-state index < -0.39 is 0 Å². The zero-order valence-corrected chi connectivity index (χ0v) is 12.1. The molecular weight excluding hydrogens is 280 g/mol. The van der Waals surface area contributed by atoms with E-state index in [1.54, 1.807) is 0 Å².